The summed E-state index contributed by atoms with van der Waals surface area (Å²) in [4.78, 5) is 0. The second-order valence-electron chi connectivity index (χ2n) is 4.39. The van der Waals surface area contributed by atoms with Crippen molar-refractivity contribution >= 4 is 0 Å². The maximum Gasteiger partial charge on any atom is 0.119 e. The van der Waals surface area contributed by atoms with Gasteiger partial charge in [0.1, 0.15) is 11.3 Å². The summed E-state index contributed by atoms with van der Waals surface area (Å²) in [5.74, 6) is 0.876. The van der Waals surface area contributed by atoms with Gasteiger partial charge in [-0.05, 0) is 43.9 Å². The van der Waals surface area contributed by atoms with Crippen molar-refractivity contribution in [3.8, 4) is 11.8 Å². The predicted molar refractivity (Wildman–Crippen MR) is 68.7 cm³/mol. The second-order valence-corrected chi connectivity index (χ2v) is 4.39. The average molecular weight is 232 g/mol. The number of hydrogen-bond donors (Lipinski definition) is 1. The van der Waals surface area contributed by atoms with Crippen molar-refractivity contribution in [1.29, 1.82) is 5.26 Å². The van der Waals surface area contributed by atoms with Gasteiger partial charge in [0.15, 0.2) is 0 Å². The lowest BCUT2D eigenvalue weighted by atomic mass is 9.94. The first-order valence-electron chi connectivity index (χ1n) is 5.99. The number of nitrogens with zero attached hydrogens (tertiary/aromatic N) is 1. The van der Waals surface area contributed by atoms with E-state index in [4.69, 9.17) is 15.7 Å². The Labute approximate surface area is 103 Å². The predicted octanol–water partition coefficient (Wildman–Crippen LogP) is 2.79. The van der Waals surface area contributed by atoms with E-state index in [1.54, 1.807) is 0 Å². The summed E-state index contributed by atoms with van der Waals surface area (Å²) in [7, 11) is 0. The highest BCUT2D eigenvalue weighted by atomic mass is 16.5. The summed E-state index contributed by atoms with van der Waals surface area (Å²) in [5, 5.41) is 8.92. The Kier molecular flexibility index (Phi) is 4.99. The number of rotatable bonds is 6. The van der Waals surface area contributed by atoms with Gasteiger partial charge in [-0.25, -0.2) is 0 Å². The summed E-state index contributed by atoms with van der Waals surface area (Å²) >= 11 is 0. The number of hydrogen-bond acceptors (Lipinski definition) is 3. The summed E-state index contributed by atoms with van der Waals surface area (Å²) in [6.07, 6.45) is 2.14. The number of benzene rings is 1. The van der Waals surface area contributed by atoms with Gasteiger partial charge in [0.05, 0.1) is 12.7 Å². The lowest BCUT2D eigenvalue weighted by Crippen LogP contribution is -2.37. The van der Waals surface area contributed by atoms with Gasteiger partial charge in [0.25, 0.3) is 0 Å². The molecule has 0 bridgehead atoms. The Morgan fingerprint density at radius 2 is 2.24 bits per heavy atom. The molecular weight excluding hydrogens is 212 g/mol. The first-order valence-corrected chi connectivity index (χ1v) is 5.99. The summed E-state index contributed by atoms with van der Waals surface area (Å²) in [6.45, 7) is 4.57. The molecule has 0 aliphatic heterocycles. The van der Waals surface area contributed by atoms with Gasteiger partial charge in [0.2, 0.25) is 0 Å². The second kappa shape index (κ2) is 6.27. The standard InChI is InChI=1S/C14H20N2O/c1-3-14(16,11-15)8-5-9-17-13-7-4-6-12(2)10-13/h4,6-7,10H,3,5,8-9,16H2,1-2H3. The molecule has 0 aliphatic carbocycles. The number of nitrogens with two attached hydrogens (primary N) is 1. The van der Waals surface area contributed by atoms with Gasteiger partial charge >= 0.3 is 0 Å². The molecule has 92 valence electrons. The molecule has 3 heteroatoms. The van der Waals surface area contributed by atoms with Crippen LogP contribution in [-0.2, 0) is 0 Å². The molecule has 2 N–H and O–H groups in total. The molecule has 0 saturated heterocycles. The minimum atomic E-state index is -0.698. The fourth-order valence-corrected chi connectivity index (χ4v) is 1.59. The monoisotopic (exact) mass is 232 g/mol. The highest BCUT2D eigenvalue weighted by Crippen LogP contribution is 2.15. The van der Waals surface area contributed by atoms with Crippen LogP contribution in [0.25, 0.3) is 0 Å². The molecule has 0 heterocycles. The minimum Gasteiger partial charge on any atom is -0.494 e. The lowest BCUT2D eigenvalue weighted by molar-refractivity contribution is 0.291. The van der Waals surface area contributed by atoms with Crippen LogP contribution in [-0.4, -0.2) is 12.1 Å². The zero-order valence-electron chi connectivity index (χ0n) is 10.6. The quantitative estimate of drug-likeness (QED) is 0.767. The topological polar surface area (TPSA) is 59.0 Å². The molecule has 1 aromatic rings. The fourth-order valence-electron chi connectivity index (χ4n) is 1.59. The Bertz CT molecular complexity index is 397. The van der Waals surface area contributed by atoms with Crippen molar-refractivity contribution < 1.29 is 4.74 Å². The summed E-state index contributed by atoms with van der Waals surface area (Å²) in [5.41, 5.74) is 6.37. The van der Waals surface area contributed by atoms with Crippen molar-refractivity contribution in [3.63, 3.8) is 0 Å². The van der Waals surface area contributed by atoms with Crippen LogP contribution in [0.15, 0.2) is 24.3 Å². The molecule has 1 unspecified atom stereocenters. The fraction of sp³-hybridized carbons (Fsp3) is 0.500. The third-order valence-electron chi connectivity index (χ3n) is 2.88. The molecule has 0 fully saturated rings. The van der Waals surface area contributed by atoms with Gasteiger partial charge in [0, 0.05) is 0 Å². The largest absolute Gasteiger partial charge is 0.494 e. The average Bonchev–Trinajstić information content (AvgIpc) is 2.34. The van der Waals surface area contributed by atoms with Gasteiger partial charge in [-0.3, -0.25) is 0 Å². The van der Waals surface area contributed by atoms with Crippen molar-refractivity contribution in [1.82, 2.24) is 0 Å². The minimum absolute atomic E-state index is 0.601. The maximum absolute atomic E-state index is 8.92. The Morgan fingerprint density at radius 3 is 2.82 bits per heavy atom. The highest BCUT2D eigenvalue weighted by molar-refractivity contribution is 5.27. The zero-order chi connectivity index (χ0) is 12.7. The van der Waals surface area contributed by atoms with Crippen LogP contribution < -0.4 is 10.5 Å². The van der Waals surface area contributed by atoms with E-state index in [1.165, 1.54) is 5.56 Å². The van der Waals surface area contributed by atoms with Crippen molar-refractivity contribution in [2.24, 2.45) is 5.73 Å². The number of aryl methyl sites for hydroxylation is 1. The van der Waals surface area contributed by atoms with E-state index in [9.17, 15) is 0 Å². The first kappa shape index (κ1) is 13.5. The normalized spacial score (nSPS) is 13.8. The van der Waals surface area contributed by atoms with Crippen molar-refractivity contribution in [3.05, 3.63) is 29.8 Å². The molecule has 0 aromatic heterocycles. The maximum atomic E-state index is 8.92. The lowest BCUT2D eigenvalue weighted by Gasteiger charge is -2.18. The molecule has 17 heavy (non-hydrogen) atoms. The van der Waals surface area contributed by atoms with Crippen LogP contribution in [0.1, 0.15) is 31.7 Å². The third-order valence-corrected chi connectivity index (χ3v) is 2.88. The van der Waals surface area contributed by atoms with E-state index < -0.39 is 5.54 Å². The van der Waals surface area contributed by atoms with E-state index >= 15 is 0 Å². The molecule has 3 nitrogen and oxygen atoms in total. The van der Waals surface area contributed by atoms with Crippen LogP contribution in [0.4, 0.5) is 0 Å². The molecule has 1 rings (SSSR count). The Hall–Kier alpha value is -1.53. The zero-order valence-corrected chi connectivity index (χ0v) is 10.6. The third kappa shape index (κ3) is 4.46. The van der Waals surface area contributed by atoms with E-state index in [0.29, 0.717) is 19.4 Å². The number of nitriles is 1. The van der Waals surface area contributed by atoms with Crippen LogP contribution >= 0.6 is 0 Å². The van der Waals surface area contributed by atoms with Crippen LogP contribution in [0.5, 0.6) is 5.75 Å². The SMILES string of the molecule is CCC(N)(C#N)CCCOc1cccc(C)c1. The van der Waals surface area contributed by atoms with Crippen LogP contribution in [0, 0.1) is 18.3 Å². The molecule has 1 aromatic carbocycles. The Morgan fingerprint density at radius 1 is 1.47 bits per heavy atom. The van der Waals surface area contributed by atoms with Gasteiger partial charge in [-0.1, -0.05) is 19.1 Å². The van der Waals surface area contributed by atoms with Crippen LogP contribution in [0.3, 0.4) is 0 Å². The highest BCUT2D eigenvalue weighted by Gasteiger charge is 2.20. The molecule has 0 spiro atoms. The van der Waals surface area contributed by atoms with Gasteiger partial charge in [-0.2, -0.15) is 5.26 Å². The molecule has 0 radical (unpaired) electrons. The molecule has 0 aliphatic rings. The van der Waals surface area contributed by atoms with Crippen molar-refractivity contribution in [2.45, 2.75) is 38.6 Å². The molecule has 1 atom stereocenters. The van der Waals surface area contributed by atoms with E-state index in [1.807, 2.05) is 38.1 Å². The van der Waals surface area contributed by atoms with E-state index in [-0.39, 0.29) is 0 Å². The smallest absolute Gasteiger partial charge is 0.119 e. The van der Waals surface area contributed by atoms with Crippen LogP contribution in [0.2, 0.25) is 0 Å². The molecule has 0 amide bonds. The molecular formula is C14H20N2O. The summed E-state index contributed by atoms with van der Waals surface area (Å²) < 4.78 is 5.61. The van der Waals surface area contributed by atoms with Gasteiger partial charge in [-0.15, -0.1) is 0 Å². The Balaban J connectivity index is 2.32. The molecule has 0 saturated carbocycles. The van der Waals surface area contributed by atoms with Gasteiger partial charge < -0.3 is 10.5 Å². The number of ether oxygens (including phenoxy) is 1. The van der Waals surface area contributed by atoms with Crippen molar-refractivity contribution in [2.75, 3.05) is 6.61 Å². The first-order chi connectivity index (χ1) is 8.09. The van der Waals surface area contributed by atoms with E-state index in [2.05, 4.69) is 6.07 Å². The van der Waals surface area contributed by atoms with E-state index in [0.717, 1.165) is 12.2 Å². The summed E-state index contributed by atoms with van der Waals surface area (Å²) in [6, 6.07) is 10.1.